The van der Waals surface area contributed by atoms with Gasteiger partial charge < -0.3 is 14.7 Å². The molecule has 0 aromatic heterocycles. The Morgan fingerprint density at radius 1 is 1.21 bits per heavy atom. The van der Waals surface area contributed by atoms with E-state index >= 15 is 0 Å². The first kappa shape index (κ1) is 14.3. The van der Waals surface area contributed by atoms with Crippen molar-refractivity contribution in [2.75, 3.05) is 46.3 Å². The molecule has 0 radical (unpaired) electrons. The average molecular weight is 267 g/mol. The summed E-state index contributed by atoms with van der Waals surface area (Å²) in [5.41, 5.74) is 0. The second kappa shape index (κ2) is 5.90. The highest BCUT2D eigenvalue weighted by Crippen LogP contribution is 2.25. The summed E-state index contributed by atoms with van der Waals surface area (Å²) < 4.78 is 0. The van der Waals surface area contributed by atoms with E-state index in [2.05, 4.69) is 25.8 Å². The van der Waals surface area contributed by atoms with Crippen molar-refractivity contribution >= 4 is 11.8 Å². The second-order valence-electron chi connectivity index (χ2n) is 6.08. The van der Waals surface area contributed by atoms with Crippen LogP contribution in [0.15, 0.2) is 0 Å². The molecule has 2 heterocycles. The molecule has 0 bridgehead atoms. The second-order valence-corrected chi connectivity index (χ2v) is 6.08. The molecule has 2 rings (SSSR count). The predicted octanol–water partition coefficient (Wildman–Crippen LogP) is 0.265. The fraction of sp³-hybridized carbons (Fsp3) is 0.857. The Hall–Kier alpha value is -1.10. The lowest BCUT2D eigenvalue weighted by molar-refractivity contribution is -0.141. The zero-order chi connectivity index (χ0) is 14.0. The van der Waals surface area contributed by atoms with Crippen LogP contribution in [-0.2, 0) is 9.59 Å². The van der Waals surface area contributed by atoms with Gasteiger partial charge in [0.2, 0.25) is 11.8 Å². The summed E-state index contributed by atoms with van der Waals surface area (Å²) in [4.78, 5) is 30.2. The highest BCUT2D eigenvalue weighted by Gasteiger charge is 2.35. The number of piperazine rings is 1. The largest absolute Gasteiger partial charge is 0.339 e. The lowest BCUT2D eigenvalue weighted by Gasteiger charge is -2.33. The van der Waals surface area contributed by atoms with Gasteiger partial charge in [-0.05, 0) is 19.4 Å². The molecule has 5 heteroatoms. The van der Waals surface area contributed by atoms with Crippen LogP contribution in [0.25, 0.3) is 0 Å². The summed E-state index contributed by atoms with van der Waals surface area (Å²) in [6.07, 6.45) is 0.895. The zero-order valence-corrected chi connectivity index (χ0v) is 12.3. The molecule has 0 spiro atoms. The molecule has 2 aliphatic heterocycles. The third-order valence-electron chi connectivity index (χ3n) is 4.33. The van der Waals surface area contributed by atoms with Crippen LogP contribution in [-0.4, -0.2) is 72.8 Å². The first-order chi connectivity index (χ1) is 8.99. The van der Waals surface area contributed by atoms with Crippen LogP contribution in [0.5, 0.6) is 0 Å². The van der Waals surface area contributed by atoms with E-state index < -0.39 is 0 Å². The molecule has 5 nitrogen and oxygen atoms in total. The maximum atomic E-state index is 12.2. The first-order valence-corrected chi connectivity index (χ1v) is 7.24. The monoisotopic (exact) mass is 267 g/mol. The Morgan fingerprint density at radius 3 is 2.37 bits per heavy atom. The minimum atomic E-state index is 0.103. The Balaban J connectivity index is 1.85. The van der Waals surface area contributed by atoms with Gasteiger partial charge in [-0.2, -0.15) is 0 Å². The fourth-order valence-corrected chi connectivity index (χ4v) is 2.86. The van der Waals surface area contributed by atoms with Crippen molar-refractivity contribution in [1.29, 1.82) is 0 Å². The van der Waals surface area contributed by atoms with E-state index in [1.54, 1.807) is 4.90 Å². The molecule has 19 heavy (non-hydrogen) atoms. The van der Waals surface area contributed by atoms with Gasteiger partial charge >= 0.3 is 0 Å². The van der Waals surface area contributed by atoms with Gasteiger partial charge in [-0.1, -0.05) is 13.8 Å². The number of rotatable bonds is 3. The minimum absolute atomic E-state index is 0.103. The summed E-state index contributed by atoms with van der Waals surface area (Å²) >= 11 is 0. The lowest BCUT2D eigenvalue weighted by atomic mass is 9.95. The molecule has 1 atom stereocenters. The molecule has 0 aromatic carbocycles. The van der Waals surface area contributed by atoms with E-state index in [1.165, 1.54) is 0 Å². The van der Waals surface area contributed by atoms with Gasteiger partial charge in [-0.15, -0.1) is 0 Å². The molecule has 0 N–H and O–H groups in total. The quantitative estimate of drug-likeness (QED) is 0.737. The number of carbonyl (C=O) groups excluding carboxylic acids is 2. The van der Waals surface area contributed by atoms with Gasteiger partial charge in [0.05, 0.1) is 6.54 Å². The maximum absolute atomic E-state index is 12.2. The van der Waals surface area contributed by atoms with Gasteiger partial charge in [0.1, 0.15) is 0 Å². The number of likely N-dealkylation sites (tertiary alicyclic amines) is 1. The van der Waals surface area contributed by atoms with E-state index in [9.17, 15) is 9.59 Å². The van der Waals surface area contributed by atoms with Crippen molar-refractivity contribution in [3.8, 4) is 0 Å². The Labute approximate surface area is 115 Å². The summed E-state index contributed by atoms with van der Waals surface area (Å²) in [5.74, 6) is 0.750. The van der Waals surface area contributed by atoms with E-state index in [4.69, 9.17) is 0 Å². The standard InChI is InChI=1S/C14H25N3O2/c1-11(2)12-4-5-17(14(12)19)10-13(18)16-8-6-15(3)7-9-16/h11-12H,4-10H2,1-3H3/t12-/m0/s1. The van der Waals surface area contributed by atoms with Gasteiger partial charge in [0.25, 0.3) is 0 Å². The Kier molecular flexibility index (Phi) is 4.45. The van der Waals surface area contributed by atoms with E-state index in [0.717, 1.165) is 39.1 Å². The van der Waals surface area contributed by atoms with E-state index in [-0.39, 0.29) is 24.3 Å². The smallest absolute Gasteiger partial charge is 0.242 e. The van der Waals surface area contributed by atoms with Crippen LogP contribution in [0.1, 0.15) is 20.3 Å². The average Bonchev–Trinajstić information content (AvgIpc) is 2.72. The van der Waals surface area contributed by atoms with Crippen LogP contribution in [0.3, 0.4) is 0 Å². The third-order valence-corrected chi connectivity index (χ3v) is 4.33. The molecule has 0 aromatic rings. The van der Waals surface area contributed by atoms with Gasteiger partial charge in [0.15, 0.2) is 0 Å². The topological polar surface area (TPSA) is 43.9 Å². The first-order valence-electron chi connectivity index (χ1n) is 7.24. The number of likely N-dealkylation sites (N-methyl/N-ethyl adjacent to an activating group) is 1. The number of hydrogen-bond donors (Lipinski definition) is 0. The predicted molar refractivity (Wildman–Crippen MR) is 73.6 cm³/mol. The summed E-state index contributed by atoms with van der Waals surface area (Å²) in [7, 11) is 2.07. The molecular weight excluding hydrogens is 242 g/mol. The molecule has 0 aliphatic carbocycles. The minimum Gasteiger partial charge on any atom is -0.339 e. The molecule has 2 amide bonds. The molecule has 108 valence electrons. The van der Waals surface area contributed by atoms with Crippen molar-refractivity contribution in [3.05, 3.63) is 0 Å². The summed E-state index contributed by atoms with van der Waals surface area (Å²) in [5, 5.41) is 0. The Morgan fingerprint density at radius 2 is 1.84 bits per heavy atom. The zero-order valence-electron chi connectivity index (χ0n) is 12.3. The van der Waals surface area contributed by atoms with Crippen LogP contribution in [0, 0.1) is 11.8 Å². The Bertz CT molecular complexity index is 349. The van der Waals surface area contributed by atoms with Crippen molar-refractivity contribution < 1.29 is 9.59 Å². The fourth-order valence-electron chi connectivity index (χ4n) is 2.86. The van der Waals surface area contributed by atoms with Gasteiger partial charge in [0, 0.05) is 38.6 Å². The van der Waals surface area contributed by atoms with Crippen molar-refractivity contribution in [2.24, 2.45) is 11.8 Å². The number of carbonyl (C=O) groups is 2. The van der Waals surface area contributed by atoms with E-state index in [0.29, 0.717) is 5.92 Å². The van der Waals surface area contributed by atoms with Gasteiger partial charge in [-0.3, -0.25) is 9.59 Å². The summed E-state index contributed by atoms with van der Waals surface area (Å²) in [6.45, 7) is 8.58. The number of hydrogen-bond acceptors (Lipinski definition) is 3. The number of amides is 2. The van der Waals surface area contributed by atoms with Crippen LogP contribution >= 0.6 is 0 Å². The van der Waals surface area contributed by atoms with E-state index in [1.807, 2.05) is 4.90 Å². The molecule has 2 fully saturated rings. The maximum Gasteiger partial charge on any atom is 0.242 e. The lowest BCUT2D eigenvalue weighted by Crippen LogP contribution is -2.50. The molecular formula is C14H25N3O2. The highest BCUT2D eigenvalue weighted by molar-refractivity contribution is 5.87. The molecule has 2 saturated heterocycles. The molecule has 2 aliphatic rings. The van der Waals surface area contributed by atoms with Crippen LogP contribution < -0.4 is 0 Å². The van der Waals surface area contributed by atoms with Crippen molar-refractivity contribution in [3.63, 3.8) is 0 Å². The van der Waals surface area contributed by atoms with Crippen LogP contribution in [0.2, 0.25) is 0 Å². The normalized spacial score (nSPS) is 25.5. The summed E-state index contributed by atoms with van der Waals surface area (Å²) in [6, 6.07) is 0. The molecule has 0 unspecified atom stereocenters. The highest BCUT2D eigenvalue weighted by atomic mass is 16.2. The third kappa shape index (κ3) is 3.26. The van der Waals surface area contributed by atoms with Crippen molar-refractivity contribution in [2.45, 2.75) is 20.3 Å². The molecule has 0 saturated carbocycles. The van der Waals surface area contributed by atoms with Crippen LogP contribution in [0.4, 0.5) is 0 Å². The van der Waals surface area contributed by atoms with Gasteiger partial charge in [-0.25, -0.2) is 0 Å². The number of nitrogens with zero attached hydrogens (tertiary/aromatic N) is 3. The SMILES string of the molecule is CC(C)[C@@H]1CCN(CC(=O)N2CCN(C)CC2)C1=O. The van der Waals surface area contributed by atoms with Crippen molar-refractivity contribution in [1.82, 2.24) is 14.7 Å².